The van der Waals surface area contributed by atoms with Crippen molar-refractivity contribution in [2.45, 2.75) is 32.7 Å². The molecule has 7 heteroatoms. The first kappa shape index (κ1) is 20.4. The van der Waals surface area contributed by atoms with Gasteiger partial charge in [-0.3, -0.25) is 9.69 Å². The summed E-state index contributed by atoms with van der Waals surface area (Å²) in [5.41, 5.74) is 0.739. The average Bonchev–Trinajstić information content (AvgIpc) is 3.30. The zero-order valence-corrected chi connectivity index (χ0v) is 18.1. The zero-order chi connectivity index (χ0) is 21.5. The number of hydrogen-bond donors (Lipinski definition) is 0. The summed E-state index contributed by atoms with van der Waals surface area (Å²) in [5, 5.41) is 0. The number of rotatable bonds is 4. The van der Waals surface area contributed by atoms with Crippen LogP contribution in [0.1, 0.15) is 31.7 Å². The summed E-state index contributed by atoms with van der Waals surface area (Å²) in [6.07, 6.45) is 6.45. The second kappa shape index (κ2) is 7.86. The van der Waals surface area contributed by atoms with Gasteiger partial charge in [0, 0.05) is 50.5 Å². The number of carbonyl (C=O) groups is 1. The SMILES string of the molecule is CCN1CC[C@]2(CN(c3ncccn3)CC23CCN(Cc2ccc(F)cc2)CC3)C1=O. The molecule has 4 heterocycles. The summed E-state index contributed by atoms with van der Waals surface area (Å²) in [6.45, 7) is 7.96. The fourth-order valence-corrected chi connectivity index (χ4v) is 6.06. The van der Waals surface area contributed by atoms with Crippen molar-refractivity contribution in [2.24, 2.45) is 10.8 Å². The number of fused-ring (bicyclic) bond motifs is 1. The van der Waals surface area contributed by atoms with E-state index in [9.17, 15) is 9.18 Å². The number of piperidine rings is 1. The van der Waals surface area contributed by atoms with Crippen molar-refractivity contribution in [3.63, 3.8) is 0 Å². The minimum Gasteiger partial charge on any atom is -0.342 e. The van der Waals surface area contributed by atoms with Gasteiger partial charge in [-0.1, -0.05) is 12.1 Å². The minimum atomic E-state index is -0.343. The van der Waals surface area contributed by atoms with Crippen LogP contribution in [0.15, 0.2) is 42.7 Å². The third kappa shape index (κ3) is 3.39. The van der Waals surface area contributed by atoms with E-state index < -0.39 is 0 Å². The Morgan fingerprint density at radius 3 is 2.35 bits per heavy atom. The Morgan fingerprint density at radius 1 is 1.00 bits per heavy atom. The standard InChI is InChI=1S/C24H30FN5O/c1-2-29-15-10-24(21(29)31)18-30(22-26-11-3-12-27-22)17-23(24)8-13-28(14-9-23)16-19-4-6-20(25)7-5-19/h3-7,11-12H,2,8-10,13-18H2,1H3/t24-/m0/s1. The molecule has 3 aliphatic rings. The smallest absolute Gasteiger partial charge is 0.231 e. The molecule has 3 aliphatic heterocycles. The highest BCUT2D eigenvalue weighted by atomic mass is 19.1. The van der Waals surface area contributed by atoms with Crippen LogP contribution >= 0.6 is 0 Å². The summed E-state index contributed by atoms with van der Waals surface area (Å²) < 4.78 is 13.2. The second-order valence-corrected chi connectivity index (χ2v) is 9.30. The third-order valence-electron chi connectivity index (χ3n) is 7.82. The quantitative estimate of drug-likeness (QED) is 0.757. The summed E-state index contributed by atoms with van der Waals surface area (Å²) in [7, 11) is 0. The molecule has 0 saturated carbocycles. The normalized spacial score (nSPS) is 25.8. The van der Waals surface area contributed by atoms with E-state index in [1.54, 1.807) is 12.4 Å². The number of anilines is 1. The van der Waals surface area contributed by atoms with Gasteiger partial charge < -0.3 is 9.80 Å². The van der Waals surface area contributed by atoms with Crippen LogP contribution in [0.4, 0.5) is 10.3 Å². The summed E-state index contributed by atoms with van der Waals surface area (Å²) in [5.74, 6) is 0.855. The molecule has 0 bridgehead atoms. The Morgan fingerprint density at radius 2 is 1.71 bits per heavy atom. The van der Waals surface area contributed by atoms with Gasteiger partial charge in [-0.2, -0.15) is 0 Å². The molecule has 31 heavy (non-hydrogen) atoms. The van der Waals surface area contributed by atoms with Gasteiger partial charge in [0.05, 0.1) is 5.41 Å². The Labute approximate surface area is 183 Å². The number of nitrogens with zero attached hydrogens (tertiary/aromatic N) is 5. The molecule has 3 saturated heterocycles. The third-order valence-corrected chi connectivity index (χ3v) is 7.82. The highest BCUT2D eigenvalue weighted by Gasteiger charge is 2.65. The molecule has 0 radical (unpaired) electrons. The monoisotopic (exact) mass is 423 g/mol. The molecule has 6 nitrogen and oxygen atoms in total. The maximum atomic E-state index is 13.6. The molecular formula is C24H30FN5O. The largest absolute Gasteiger partial charge is 0.342 e. The van der Waals surface area contributed by atoms with Gasteiger partial charge in [0.25, 0.3) is 0 Å². The molecule has 2 spiro atoms. The van der Waals surface area contributed by atoms with Crippen LogP contribution in [0.3, 0.4) is 0 Å². The lowest BCUT2D eigenvalue weighted by atomic mass is 9.60. The van der Waals surface area contributed by atoms with Crippen LogP contribution in [-0.2, 0) is 11.3 Å². The van der Waals surface area contributed by atoms with Crippen molar-refractivity contribution in [1.29, 1.82) is 0 Å². The van der Waals surface area contributed by atoms with Crippen LogP contribution < -0.4 is 4.90 Å². The molecule has 2 aromatic rings. The van der Waals surface area contributed by atoms with E-state index in [4.69, 9.17) is 0 Å². The van der Waals surface area contributed by atoms with Crippen molar-refractivity contribution < 1.29 is 9.18 Å². The lowest BCUT2D eigenvalue weighted by Gasteiger charge is -2.46. The second-order valence-electron chi connectivity index (χ2n) is 9.30. The van der Waals surface area contributed by atoms with Crippen LogP contribution in [0.5, 0.6) is 0 Å². The predicted molar refractivity (Wildman–Crippen MR) is 117 cm³/mol. The number of carbonyl (C=O) groups excluding carboxylic acids is 1. The minimum absolute atomic E-state index is 0.0491. The number of hydrogen-bond acceptors (Lipinski definition) is 5. The summed E-state index contributed by atoms with van der Waals surface area (Å²) in [6, 6.07) is 8.62. The number of benzene rings is 1. The molecule has 1 atom stereocenters. The summed E-state index contributed by atoms with van der Waals surface area (Å²) >= 11 is 0. The van der Waals surface area contributed by atoms with E-state index in [1.807, 2.05) is 23.1 Å². The number of likely N-dealkylation sites (tertiary alicyclic amines) is 2. The van der Waals surface area contributed by atoms with Crippen molar-refractivity contribution >= 4 is 11.9 Å². The molecule has 3 fully saturated rings. The molecule has 1 aromatic carbocycles. The van der Waals surface area contributed by atoms with Gasteiger partial charge >= 0.3 is 0 Å². The fourth-order valence-electron chi connectivity index (χ4n) is 6.06. The predicted octanol–water partition coefficient (Wildman–Crippen LogP) is 2.96. The van der Waals surface area contributed by atoms with Crippen LogP contribution in [0.2, 0.25) is 0 Å². The molecule has 5 rings (SSSR count). The first-order valence-corrected chi connectivity index (χ1v) is 11.3. The number of amides is 1. The maximum Gasteiger partial charge on any atom is 0.231 e. The average molecular weight is 424 g/mol. The van der Waals surface area contributed by atoms with Gasteiger partial charge in [-0.05, 0) is 63.0 Å². The Bertz CT molecular complexity index is 929. The lowest BCUT2D eigenvalue weighted by molar-refractivity contribution is -0.142. The molecule has 1 amide bonds. The van der Waals surface area contributed by atoms with Crippen molar-refractivity contribution in [1.82, 2.24) is 19.8 Å². The van der Waals surface area contributed by atoms with Gasteiger partial charge in [0.1, 0.15) is 5.82 Å². The van der Waals surface area contributed by atoms with E-state index in [1.165, 1.54) is 12.1 Å². The van der Waals surface area contributed by atoms with E-state index in [-0.39, 0.29) is 16.6 Å². The molecular weight excluding hydrogens is 393 g/mol. The van der Waals surface area contributed by atoms with Gasteiger partial charge in [0.15, 0.2) is 0 Å². The topological polar surface area (TPSA) is 52.6 Å². The van der Waals surface area contributed by atoms with Crippen molar-refractivity contribution in [3.05, 3.63) is 54.1 Å². The Hall–Kier alpha value is -2.54. The maximum absolute atomic E-state index is 13.6. The van der Waals surface area contributed by atoms with E-state index in [2.05, 4.69) is 26.7 Å². The Balaban J connectivity index is 1.38. The van der Waals surface area contributed by atoms with Crippen molar-refractivity contribution in [2.75, 3.05) is 44.2 Å². The van der Waals surface area contributed by atoms with E-state index in [0.29, 0.717) is 12.5 Å². The number of halogens is 1. The first-order chi connectivity index (χ1) is 15.1. The zero-order valence-electron chi connectivity index (χ0n) is 18.1. The van der Waals surface area contributed by atoms with Crippen LogP contribution in [0.25, 0.3) is 0 Å². The lowest BCUT2D eigenvalue weighted by Crippen LogP contribution is -2.52. The van der Waals surface area contributed by atoms with E-state index >= 15 is 0 Å². The van der Waals surface area contributed by atoms with Crippen LogP contribution in [-0.4, -0.2) is 64.9 Å². The first-order valence-electron chi connectivity index (χ1n) is 11.3. The number of aromatic nitrogens is 2. The molecule has 164 valence electrons. The van der Waals surface area contributed by atoms with Gasteiger partial charge in [-0.15, -0.1) is 0 Å². The molecule has 1 aromatic heterocycles. The Kier molecular flexibility index (Phi) is 5.16. The van der Waals surface area contributed by atoms with Crippen LogP contribution in [0, 0.1) is 16.6 Å². The van der Waals surface area contributed by atoms with Gasteiger partial charge in [-0.25, -0.2) is 14.4 Å². The van der Waals surface area contributed by atoms with Crippen molar-refractivity contribution in [3.8, 4) is 0 Å². The highest BCUT2D eigenvalue weighted by molar-refractivity contribution is 5.87. The summed E-state index contributed by atoms with van der Waals surface area (Å²) in [4.78, 5) is 29.3. The molecule has 0 N–H and O–H groups in total. The fraction of sp³-hybridized carbons (Fsp3) is 0.542. The van der Waals surface area contributed by atoms with E-state index in [0.717, 1.165) is 70.0 Å². The highest BCUT2D eigenvalue weighted by Crippen LogP contribution is 2.58. The molecule has 0 aliphatic carbocycles. The molecule has 0 unspecified atom stereocenters. The van der Waals surface area contributed by atoms with Gasteiger partial charge in [0.2, 0.25) is 11.9 Å².